The van der Waals surface area contributed by atoms with E-state index in [2.05, 4.69) is 10.6 Å². The number of hydrogen-bond donors (Lipinski definition) is 2. The largest absolute Gasteiger partial charge is 0.367 e. The van der Waals surface area contributed by atoms with E-state index in [0.29, 0.717) is 48.0 Å². The van der Waals surface area contributed by atoms with Crippen LogP contribution in [0.2, 0.25) is 0 Å². The second-order valence-corrected chi connectivity index (χ2v) is 10.2. The fraction of sp³-hybridized carbons (Fsp3) is 0.167. The molecule has 0 bridgehead atoms. The Kier molecular flexibility index (Phi) is 8.16. The number of benzene rings is 3. The number of hydrogen-bond acceptors (Lipinski definition) is 5. The van der Waals surface area contributed by atoms with Crippen molar-refractivity contribution in [3.63, 3.8) is 0 Å². The molecule has 40 heavy (non-hydrogen) atoms. The molecule has 1 saturated heterocycles. The molecular weight excluding hydrogens is 534 g/mol. The lowest BCUT2D eigenvalue weighted by Crippen LogP contribution is -2.49. The Balaban J connectivity index is 1.34. The maximum atomic E-state index is 14.2. The molecule has 0 atom stereocenters. The van der Waals surface area contributed by atoms with Gasteiger partial charge in [-0.05, 0) is 59.5 Å². The molecule has 0 saturated carbocycles. The summed E-state index contributed by atoms with van der Waals surface area (Å²) in [5.74, 6) is -1.94. The van der Waals surface area contributed by atoms with E-state index in [9.17, 15) is 23.2 Å². The maximum absolute atomic E-state index is 14.2. The van der Waals surface area contributed by atoms with E-state index in [4.69, 9.17) is 0 Å². The van der Waals surface area contributed by atoms with Crippen molar-refractivity contribution in [3.8, 4) is 0 Å². The van der Waals surface area contributed by atoms with Crippen LogP contribution in [0.4, 0.5) is 20.2 Å². The normalized spacial score (nSPS) is 13.2. The van der Waals surface area contributed by atoms with Crippen LogP contribution in [0.5, 0.6) is 0 Å². The molecule has 1 aliphatic rings. The highest BCUT2D eigenvalue weighted by Crippen LogP contribution is 2.27. The molecule has 1 fully saturated rings. The summed E-state index contributed by atoms with van der Waals surface area (Å²) in [6, 6.07) is 20.4. The summed E-state index contributed by atoms with van der Waals surface area (Å²) in [5.41, 5.74) is 2.22. The summed E-state index contributed by atoms with van der Waals surface area (Å²) in [7, 11) is 0. The van der Waals surface area contributed by atoms with Crippen LogP contribution < -0.4 is 15.5 Å². The number of nitrogens with zero attached hydrogens (tertiary/aromatic N) is 2. The molecule has 2 N–H and O–H groups in total. The Morgan fingerprint density at radius 2 is 1.55 bits per heavy atom. The van der Waals surface area contributed by atoms with Crippen molar-refractivity contribution < 1.29 is 23.2 Å². The molecule has 1 aromatic heterocycles. The molecule has 7 nitrogen and oxygen atoms in total. The number of nitrogens with one attached hydrogen (secondary N) is 2. The topological polar surface area (TPSA) is 81.8 Å². The first kappa shape index (κ1) is 27.0. The molecule has 5 rings (SSSR count). The van der Waals surface area contributed by atoms with Gasteiger partial charge < -0.3 is 20.4 Å². The van der Waals surface area contributed by atoms with Gasteiger partial charge in [0.15, 0.2) is 0 Å². The van der Waals surface area contributed by atoms with Crippen LogP contribution in [-0.4, -0.2) is 48.8 Å². The highest BCUT2D eigenvalue weighted by molar-refractivity contribution is 7.12. The van der Waals surface area contributed by atoms with Crippen LogP contribution in [0.15, 0.2) is 84.2 Å². The highest BCUT2D eigenvalue weighted by atomic mass is 32.1. The van der Waals surface area contributed by atoms with Crippen LogP contribution in [-0.2, 0) is 6.54 Å². The minimum atomic E-state index is -0.560. The summed E-state index contributed by atoms with van der Waals surface area (Å²) in [6.45, 7) is 1.75. The maximum Gasteiger partial charge on any atom is 0.265 e. The molecule has 1 aliphatic heterocycles. The first-order chi connectivity index (χ1) is 19.4. The lowest BCUT2D eigenvalue weighted by Gasteiger charge is -2.37. The lowest BCUT2D eigenvalue weighted by atomic mass is 10.1. The summed E-state index contributed by atoms with van der Waals surface area (Å²) in [6.07, 6.45) is 0. The Labute approximate surface area is 234 Å². The Bertz CT molecular complexity index is 1520. The number of thiophene rings is 1. The van der Waals surface area contributed by atoms with Crippen LogP contribution >= 0.6 is 11.3 Å². The zero-order valence-corrected chi connectivity index (χ0v) is 22.2. The van der Waals surface area contributed by atoms with Crippen molar-refractivity contribution in [3.05, 3.63) is 117 Å². The fourth-order valence-electron chi connectivity index (χ4n) is 4.51. The molecule has 2 heterocycles. The van der Waals surface area contributed by atoms with Crippen LogP contribution in [0.1, 0.15) is 36.0 Å². The Morgan fingerprint density at radius 3 is 2.25 bits per heavy atom. The molecule has 0 aliphatic carbocycles. The van der Waals surface area contributed by atoms with Crippen molar-refractivity contribution in [2.45, 2.75) is 6.54 Å². The van der Waals surface area contributed by atoms with E-state index in [1.807, 2.05) is 10.3 Å². The number of piperazine rings is 1. The minimum Gasteiger partial charge on any atom is -0.367 e. The summed E-state index contributed by atoms with van der Waals surface area (Å²) < 4.78 is 27.4. The second kappa shape index (κ2) is 12.1. The minimum absolute atomic E-state index is 0.0302. The smallest absolute Gasteiger partial charge is 0.265 e. The SMILES string of the molecule is O=C(Nc1ccc(N2CCN(C(=O)c3ccccc3F)CC2)c(C(=O)NCc2ccc(F)cc2)c1)c1cccs1. The molecule has 0 spiro atoms. The number of anilines is 2. The quantitative estimate of drug-likeness (QED) is 0.327. The molecule has 3 amide bonds. The third-order valence-corrected chi connectivity index (χ3v) is 7.49. The predicted molar refractivity (Wildman–Crippen MR) is 151 cm³/mol. The molecule has 3 aromatic carbocycles. The van der Waals surface area contributed by atoms with Gasteiger partial charge in [-0.3, -0.25) is 14.4 Å². The Hall–Kier alpha value is -4.57. The van der Waals surface area contributed by atoms with Gasteiger partial charge in [-0.25, -0.2) is 8.78 Å². The average molecular weight is 561 g/mol. The zero-order valence-electron chi connectivity index (χ0n) is 21.4. The summed E-state index contributed by atoms with van der Waals surface area (Å²) >= 11 is 1.31. The van der Waals surface area contributed by atoms with Crippen molar-refractivity contribution in [2.24, 2.45) is 0 Å². The van der Waals surface area contributed by atoms with Gasteiger partial charge in [0.05, 0.1) is 16.0 Å². The predicted octanol–water partition coefficient (Wildman–Crippen LogP) is 5.17. The number of carbonyl (C=O) groups excluding carboxylic acids is 3. The highest BCUT2D eigenvalue weighted by Gasteiger charge is 2.26. The Morgan fingerprint density at radius 1 is 0.800 bits per heavy atom. The third-order valence-electron chi connectivity index (χ3n) is 6.62. The van der Waals surface area contributed by atoms with E-state index in [0.717, 1.165) is 5.56 Å². The van der Waals surface area contributed by atoms with Gasteiger partial charge in [0.1, 0.15) is 11.6 Å². The van der Waals surface area contributed by atoms with Gasteiger partial charge in [-0.1, -0.05) is 30.3 Å². The van der Waals surface area contributed by atoms with E-state index in [1.165, 1.54) is 35.6 Å². The molecule has 204 valence electrons. The molecule has 0 radical (unpaired) electrons. The summed E-state index contributed by atoms with van der Waals surface area (Å²) in [4.78, 5) is 43.0. The van der Waals surface area contributed by atoms with Crippen molar-refractivity contribution in [1.82, 2.24) is 10.2 Å². The molecular formula is C30H26F2N4O3S. The first-order valence-electron chi connectivity index (χ1n) is 12.7. The van der Waals surface area contributed by atoms with Crippen molar-refractivity contribution in [2.75, 3.05) is 36.4 Å². The molecule has 0 unspecified atom stereocenters. The van der Waals surface area contributed by atoms with Gasteiger partial charge in [-0.15, -0.1) is 11.3 Å². The first-order valence-corrected chi connectivity index (χ1v) is 13.6. The van der Waals surface area contributed by atoms with E-state index < -0.39 is 5.82 Å². The van der Waals surface area contributed by atoms with E-state index >= 15 is 0 Å². The number of carbonyl (C=O) groups is 3. The molecule has 4 aromatic rings. The number of amides is 3. The van der Waals surface area contributed by atoms with Crippen LogP contribution in [0, 0.1) is 11.6 Å². The fourth-order valence-corrected chi connectivity index (χ4v) is 5.13. The van der Waals surface area contributed by atoms with E-state index in [1.54, 1.807) is 59.5 Å². The monoisotopic (exact) mass is 560 g/mol. The van der Waals surface area contributed by atoms with Gasteiger partial charge in [-0.2, -0.15) is 0 Å². The summed E-state index contributed by atoms with van der Waals surface area (Å²) in [5, 5.41) is 7.52. The van der Waals surface area contributed by atoms with Gasteiger partial charge in [0.2, 0.25) is 0 Å². The van der Waals surface area contributed by atoms with Gasteiger partial charge >= 0.3 is 0 Å². The van der Waals surface area contributed by atoms with Crippen LogP contribution in [0.25, 0.3) is 0 Å². The molecule has 10 heteroatoms. The standard InChI is InChI=1S/C30H26F2N4O3S/c31-21-9-7-20(8-10-21)19-33-28(37)24-18-22(34-29(38)27-6-3-17-40-27)11-12-26(24)35-13-15-36(16-14-35)30(39)23-4-1-2-5-25(23)32/h1-12,17-18H,13-16,19H2,(H,33,37)(H,34,38). The van der Waals surface area contributed by atoms with Crippen molar-refractivity contribution >= 4 is 40.4 Å². The zero-order chi connectivity index (χ0) is 28.1. The van der Waals surface area contributed by atoms with Crippen molar-refractivity contribution in [1.29, 1.82) is 0 Å². The number of rotatable bonds is 7. The third kappa shape index (κ3) is 6.18. The van der Waals surface area contributed by atoms with Gasteiger partial charge in [0, 0.05) is 44.1 Å². The van der Waals surface area contributed by atoms with Crippen LogP contribution in [0.3, 0.4) is 0 Å². The average Bonchev–Trinajstić information content (AvgIpc) is 3.52. The van der Waals surface area contributed by atoms with Gasteiger partial charge in [0.25, 0.3) is 17.7 Å². The lowest BCUT2D eigenvalue weighted by molar-refractivity contribution is 0.0741. The van der Waals surface area contributed by atoms with E-state index in [-0.39, 0.29) is 35.6 Å². The number of halogens is 2. The second-order valence-electron chi connectivity index (χ2n) is 9.23.